The lowest BCUT2D eigenvalue weighted by Crippen LogP contribution is -2.39. The van der Waals surface area contributed by atoms with Crippen molar-refractivity contribution in [3.05, 3.63) is 0 Å². The number of carbonyl (C=O) groups excluding carboxylic acids is 1. The molecule has 2 nitrogen and oxygen atoms in total. The second kappa shape index (κ2) is 2.41. The molecule has 0 aromatic heterocycles. The van der Waals surface area contributed by atoms with Gasteiger partial charge in [0.25, 0.3) is 6.43 Å². The average molecular weight is 175 g/mol. The van der Waals surface area contributed by atoms with Gasteiger partial charge in [-0.3, -0.25) is 4.79 Å². The Balaban J connectivity index is 2.26. The van der Waals surface area contributed by atoms with Crippen LogP contribution in [-0.2, 0) is 4.79 Å². The molecule has 68 valence electrons. The van der Waals surface area contributed by atoms with E-state index in [9.17, 15) is 13.6 Å². The van der Waals surface area contributed by atoms with Crippen LogP contribution >= 0.6 is 0 Å². The number of halogens is 2. The Kier molecular flexibility index (Phi) is 1.59. The number of amides is 1. The van der Waals surface area contributed by atoms with E-state index in [1.807, 2.05) is 0 Å². The standard InChI is InChI=1S/C8H11F2NO/c9-6(10)8(5-1-2-5)3-4-11-7(8)12/h5-6H,1-4H2,(H,11,12)/t8-/m0/s1. The molecule has 12 heavy (non-hydrogen) atoms. The number of alkyl halides is 2. The fourth-order valence-electron chi connectivity index (χ4n) is 2.04. The molecule has 2 rings (SSSR count). The van der Waals surface area contributed by atoms with E-state index in [0.29, 0.717) is 13.0 Å². The molecule has 0 bridgehead atoms. The molecule has 0 aromatic rings. The number of rotatable bonds is 2. The number of hydrogen-bond acceptors (Lipinski definition) is 1. The molecule has 1 heterocycles. The third kappa shape index (κ3) is 0.867. The summed E-state index contributed by atoms with van der Waals surface area (Å²) in [6, 6.07) is 0. The Morgan fingerprint density at radius 3 is 2.50 bits per heavy atom. The highest BCUT2D eigenvalue weighted by molar-refractivity contribution is 5.85. The van der Waals surface area contributed by atoms with Gasteiger partial charge < -0.3 is 5.32 Å². The minimum atomic E-state index is -2.49. The van der Waals surface area contributed by atoms with E-state index >= 15 is 0 Å². The molecule has 0 spiro atoms. The van der Waals surface area contributed by atoms with Crippen LogP contribution in [0.3, 0.4) is 0 Å². The Morgan fingerprint density at radius 1 is 1.50 bits per heavy atom. The highest BCUT2D eigenvalue weighted by Gasteiger charge is 2.59. The second-order valence-electron chi connectivity index (χ2n) is 3.62. The van der Waals surface area contributed by atoms with E-state index in [1.54, 1.807) is 0 Å². The van der Waals surface area contributed by atoms with Crippen molar-refractivity contribution in [1.82, 2.24) is 5.32 Å². The van der Waals surface area contributed by atoms with Crippen molar-refractivity contribution >= 4 is 5.91 Å². The van der Waals surface area contributed by atoms with E-state index in [4.69, 9.17) is 0 Å². The molecular formula is C8H11F2NO. The first-order chi connectivity index (χ1) is 5.68. The van der Waals surface area contributed by atoms with Gasteiger partial charge in [0, 0.05) is 6.54 Å². The van der Waals surface area contributed by atoms with Crippen LogP contribution in [0.2, 0.25) is 0 Å². The topological polar surface area (TPSA) is 29.1 Å². The lowest BCUT2D eigenvalue weighted by molar-refractivity contribution is -0.138. The Hall–Kier alpha value is -0.670. The van der Waals surface area contributed by atoms with E-state index < -0.39 is 17.7 Å². The largest absolute Gasteiger partial charge is 0.355 e. The van der Waals surface area contributed by atoms with Crippen LogP contribution in [0, 0.1) is 11.3 Å². The molecule has 0 aromatic carbocycles. The van der Waals surface area contributed by atoms with Gasteiger partial charge in [0.2, 0.25) is 5.91 Å². The highest BCUT2D eigenvalue weighted by atomic mass is 19.3. The molecule has 4 heteroatoms. The van der Waals surface area contributed by atoms with E-state index in [2.05, 4.69) is 5.32 Å². The van der Waals surface area contributed by atoms with Gasteiger partial charge in [0.05, 0.1) is 0 Å². The third-order valence-electron chi connectivity index (χ3n) is 2.94. The average Bonchev–Trinajstić information content (AvgIpc) is 2.76. The highest BCUT2D eigenvalue weighted by Crippen LogP contribution is 2.52. The summed E-state index contributed by atoms with van der Waals surface area (Å²) in [5.41, 5.74) is -1.32. The van der Waals surface area contributed by atoms with Crippen LogP contribution in [0.1, 0.15) is 19.3 Å². The first-order valence-electron chi connectivity index (χ1n) is 4.24. The zero-order chi connectivity index (χ0) is 8.77. The third-order valence-corrected chi connectivity index (χ3v) is 2.94. The van der Waals surface area contributed by atoms with Crippen molar-refractivity contribution in [2.75, 3.05) is 6.54 Å². The van der Waals surface area contributed by atoms with Crippen molar-refractivity contribution in [1.29, 1.82) is 0 Å². The maximum absolute atomic E-state index is 12.7. The minimum Gasteiger partial charge on any atom is -0.355 e. The van der Waals surface area contributed by atoms with Gasteiger partial charge in [-0.2, -0.15) is 0 Å². The summed E-state index contributed by atoms with van der Waals surface area (Å²) in [6.07, 6.45) is -0.601. The van der Waals surface area contributed by atoms with E-state index in [-0.39, 0.29) is 5.92 Å². The van der Waals surface area contributed by atoms with Gasteiger partial charge in [-0.25, -0.2) is 8.78 Å². The first-order valence-corrected chi connectivity index (χ1v) is 4.24. The summed E-state index contributed by atoms with van der Waals surface area (Å²) < 4.78 is 25.4. The van der Waals surface area contributed by atoms with Gasteiger partial charge in [0.1, 0.15) is 5.41 Å². The second-order valence-corrected chi connectivity index (χ2v) is 3.62. The zero-order valence-electron chi connectivity index (χ0n) is 6.65. The lowest BCUT2D eigenvalue weighted by atomic mass is 9.81. The van der Waals surface area contributed by atoms with E-state index in [1.165, 1.54) is 0 Å². The number of nitrogens with one attached hydrogen (secondary N) is 1. The van der Waals surface area contributed by atoms with Gasteiger partial charge in [-0.05, 0) is 25.2 Å². The van der Waals surface area contributed by atoms with Crippen LogP contribution in [0.15, 0.2) is 0 Å². The fraction of sp³-hybridized carbons (Fsp3) is 0.875. The molecule has 0 unspecified atom stereocenters. The van der Waals surface area contributed by atoms with Crippen molar-refractivity contribution < 1.29 is 13.6 Å². The van der Waals surface area contributed by atoms with Gasteiger partial charge in [-0.1, -0.05) is 0 Å². The smallest absolute Gasteiger partial charge is 0.253 e. The molecule has 1 amide bonds. The normalized spacial score (nSPS) is 35.8. The number of carbonyl (C=O) groups is 1. The maximum Gasteiger partial charge on any atom is 0.253 e. The first kappa shape index (κ1) is 7.95. The minimum absolute atomic E-state index is 0.0556. The molecule has 2 aliphatic rings. The number of hydrogen-bond donors (Lipinski definition) is 1. The predicted octanol–water partition coefficient (Wildman–Crippen LogP) is 1.17. The van der Waals surface area contributed by atoms with Gasteiger partial charge >= 0.3 is 0 Å². The maximum atomic E-state index is 12.7. The summed E-state index contributed by atoms with van der Waals surface area (Å²) in [4.78, 5) is 11.2. The van der Waals surface area contributed by atoms with E-state index in [0.717, 1.165) is 12.8 Å². The quantitative estimate of drug-likeness (QED) is 0.670. The van der Waals surface area contributed by atoms with Gasteiger partial charge in [0.15, 0.2) is 0 Å². The predicted molar refractivity (Wildman–Crippen MR) is 38.8 cm³/mol. The summed E-state index contributed by atoms with van der Waals surface area (Å²) in [5.74, 6) is -0.486. The molecule has 1 aliphatic carbocycles. The molecule has 1 saturated heterocycles. The van der Waals surface area contributed by atoms with Crippen LogP contribution in [-0.4, -0.2) is 18.9 Å². The monoisotopic (exact) mass is 175 g/mol. The summed E-state index contributed by atoms with van der Waals surface area (Å²) >= 11 is 0. The molecule has 2 fully saturated rings. The van der Waals surface area contributed by atoms with Crippen molar-refractivity contribution in [2.45, 2.75) is 25.7 Å². The van der Waals surface area contributed by atoms with Crippen LogP contribution in [0.5, 0.6) is 0 Å². The zero-order valence-corrected chi connectivity index (χ0v) is 6.65. The van der Waals surface area contributed by atoms with Crippen molar-refractivity contribution in [2.24, 2.45) is 11.3 Å². The molecule has 1 atom stereocenters. The van der Waals surface area contributed by atoms with Crippen LogP contribution in [0.4, 0.5) is 8.78 Å². The Morgan fingerprint density at radius 2 is 2.17 bits per heavy atom. The molecule has 1 saturated carbocycles. The van der Waals surface area contributed by atoms with Crippen LogP contribution in [0.25, 0.3) is 0 Å². The molecule has 1 aliphatic heterocycles. The summed E-state index contributed by atoms with van der Waals surface area (Å²) in [6.45, 7) is 0.416. The lowest BCUT2D eigenvalue weighted by Gasteiger charge is -2.24. The molecule has 1 N–H and O–H groups in total. The van der Waals surface area contributed by atoms with Crippen molar-refractivity contribution in [3.63, 3.8) is 0 Å². The Bertz CT molecular complexity index is 211. The van der Waals surface area contributed by atoms with Crippen molar-refractivity contribution in [3.8, 4) is 0 Å². The SMILES string of the molecule is O=C1NCC[C@@]1(C(F)F)C1CC1. The summed E-state index contributed by atoms with van der Waals surface area (Å²) in [5, 5.41) is 2.49. The van der Waals surface area contributed by atoms with Crippen LogP contribution < -0.4 is 5.32 Å². The molecular weight excluding hydrogens is 164 g/mol. The fourth-order valence-corrected chi connectivity index (χ4v) is 2.04. The van der Waals surface area contributed by atoms with Gasteiger partial charge in [-0.15, -0.1) is 0 Å². The molecule has 0 radical (unpaired) electrons. The Labute approximate surface area is 69.3 Å². The summed E-state index contributed by atoms with van der Waals surface area (Å²) in [7, 11) is 0.